The van der Waals surface area contributed by atoms with Crippen molar-refractivity contribution in [3.8, 4) is 11.5 Å². The topological polar surface area (TPSA) is 115 Å². The van der Waals surface area contributed by atoms with Gasteiger partial charge in [-0.25, -0.2) is 4.98 Å². The van der Waals surface area contributed by atoms with E-state index in [9.17, 15) is 14.4 Å². The first-order chi connectivity index (χ1) is 10.3. The van der Waals surface area contributed by atoms with E-state index >= 15 is 0 Å². The Bertz CT molecular complexity index is 585. The van der Waals surface area contributed by atoms with Gasteiger partial charge in [-0.2, -0.15) is 0 Å². The van der Waals surface area contributed by atoms with E-state index in [1.807, 2.05) is 0 Å². The number of amides is 1. The SMILES string of the molecule is COc1ccnc(C(=O)NC(C)C(=O)O)c1OC(=O)C(C)C. The minimum Gasteiger partial charge on any atom is -0.493 e. The molecule has 1 atom stereocenters. The van der Waals surface area contributed by atoms with Crippen LogP contribution in [0, 0.1) is 5.92 Å². The molecule has 0 bridgehead atoms. The van der Waals surface area contributed by atoms with Crippen LogP contribution in [0.2, 0.25) is 0 Å². The smallest absolute Gasteiger partial charge is 0.325 e. The molecule has 0 saturated heterocycles. The van der Waals surface area contributed by atoms with Crippen LogP contribution in [-0.4, -0.2) is 41.1 Å². The molecule has 1 aromatic heterocycles. The predicted octanol–water partition coefficient (Wildman–Crippen LogP) is 0.854. The van der Waals surface area contributed by atoms with Gasteiger partial charge in [0, 0.05) is 12.3 Å². The van der Waals surface area contributed by atoms with E-state index in [1.165, 1.54) is 26.3 Å². The largest absolute Gasteiger partial charge is 0.493 e. The van der Waals surface area contributed by atoms with Gasteiger partial charge in [-0.1, -0.05) is 13.8 Å². The summed E-state index contributed by atoms with van der Waals surface area (Å²) in [4.78, 5) is 38.5. The zero-order valence-corrected chi connectivity index (χ0v) is 12.7. The second-order valence-electron chi connectivity index (χ2n) is 4.80. The van der Waals surface area contributed by atoms with E-state index in [0.717, 1.165) is 0 Å². The van der Waals surface area contributed by atoms with E-state index in [-0.39, 0.29) is 17.2 Å². The van der Waals surface area contributed by atoms with Gasteiger partial charge >= 0.3 is 11.9 Å². The first-order valence-electron chi connectivity index (χ1n) is 6.56. The fraction of sp³-hybridized carbons (Fsp3) is 0.429. The van der Waals surface area contributed by atoms with Gasteiger partial charge in [-0.15, -0.1) is 0 Å². The van der Waals surface area contributed by atoms with Crippen molar-refractivity contribution in [3.05, 3.63) is 18.0 Å². The average molecular weight is 310 g/mol. The molecule has 0 aromatic carbocycles. The lowest BCUT2D eigenvalue weighted by atomic mass is 10.2. The van der Waals surface area contributed by atoms with Gasteiger partial charge in [0.05, 0.1) is 13.0 Å². The summed E-state index contributed by atoms with van der Waals surface area (Å²) < 4.78 is 10.2. The summed E-state index contributed by atoms with van der Waals surface area (Å²) in [6, 6.07) is 0.314. The molecular formula is C14H18N2O6. The summed E-state index contributed by atoms with van der Waals surface area (Å²) in [5.41, 5.74) is -0.221. The number of hydrogen-bond acceptors (Lipinski definition) is 6. The third-order valence-corrected chi connectivity index (χ3v) is 2.70. The maximum absolute atomic E-state index is 12.1. The number of methoxy groups -OCH3 is 1. The monoisotopic (exact) mass is 310 g/mol. The zero-order chi connectivity index (χ0) is 16.9. The lowest BCUT2D eigenvalue weighted by Crippen LogP contribution is -2.39. The fourth-order valence-electron chi connectivity index (χ4n) is 1.40. The Kier molecular flexibility index (Phi) is 5.85. The van der Waals surface area contributed by atoms with Crippen molar-refractivity contribution in [3.63, 3.8) is 0 Å². The Morgan fingerprint density at radius 3 is 2.41 bits per heavy atom. The number of aliphatic carboxylic acids is 1. The molecule has 1 heterocycles. The van der Waals surface area contributed by atoms with Crippen LogP contribution >= 0.6 is 0 Å². The number of carbonyl (C=O) groups excluding carboxylic acids is 2. The summed E-state index contributed by atoms with van der Waals surface area (Å²) in [5, 5.41) is 11.1. The molecule has 0 aliphatic rings. The summed E-state index contributed by atoms with van der Waals surface area (Å²) in [7, 11) is 1.35. The third kappa shape index (κ3) is 4.18. The molecule has 8 nitrogen and oxygen atoms in total. The molecule has 0 aliphatic carbocycles. The van der Waals surface area contributed by atoms with Crippen LogP contribution < -0.4 is 14.8 Å². The summed E-state index contributed by atoms with van der Waals surface area (Å²) >= 11 is 0. The van der Waals surface area contributed by atoms with Crippen molar-refractivity contribution in [1.29, 1.82) is 0 Å². The molecule has 120 valence electrons. The second kappa shape index (κ2) is 7.39. The van der Waals surface area contributed by atoms with Gasteiger partial charge in [-0.05, 0) is 6.92 Å². The number of pyridine rings is 1. The molecule has 0 saturated carbocycles. The molecule has 0 radical (unpaired) electrons. The van der Waals surface area contributed by atoms with Crippen LogP contribution in [0.15, 0.2) is 12.3 Å². The van der Waals surface area contributed by atoms with Crippen molar-refractivity contribution >= 4 is 17.8 Å². The molecule has 1 rings (SSSR count). The maximum Gasteiger partial charge on any atom is 0.325 e. The van der Waals surface area contributed by atoms with Gasteiger partial charge < -0.3 is 19.9 Å². The van der Waals surface area contributed by atoms with Crippen LogP contribution in [0.4, 0.5) is 0 Å². The van der Waals surface area contributed by atoms with Crippen LogP contribution in [0.25, 0.3) is 0 Å². The number of aromatic nitrogens is 1. The van der Waals surface area contributed by atoms with Gasteiger partial charge in [0.2, 0.25) is 5.75 Å². The highest BCUT2D eigenvalue weighted by molar-refractivity contribution is 5.98. The van der Waals surface area contributed by atoms with Crippen LogP contribution in [0.3, 0.4) is 0 Å². The number of ether oxygens (including phenoxy) is 2. The van der Waals surface area contributed by atoms with Crippen molar-refractivity contribution < 1.29 is 29.0 Å². The van der Waals surface area contributed by atoms with Crippen LogP contribution in [-0.2, 0) is 9.59 Å². The Morgan fingerprint density at radius 2 is 1.91 bits per heavy atom. The van der Waals surface area contributed by atoms with Crippen LogP contribution in [0.5, 0.6) is 11.5 Å². The minimum absolute atomic E-state index is 0.140. The first-order valence-corrected chi connectivity index (χ1v) is 6.56. The number of nitrogens with zero attached hydrogens (tertiary/aromatic N) is 1. The van der Waals surface area contributed by atoms with Crippen LogP contribution in [0.1, 0.15) is 31.3 Å². The Balaban J connectivity index is 3.15. The lowest BCUT2D eigenvalue weighted by molar-refractivity contribution is -0.139. The molecule has 0 aliphatic heterocycles. The molecule has 22 heavy (non-hydrogen) atoms. The molecule has 1 unspecified atom stereocenters. The standard InChI is InChI=1S/C14H18N2O6/c1-7(2)14(20)22-11-9(21-4)5-6-15-10(11)12(17)16-8(3)13(18)19/h5-8H,1-4H3,(H,16,17)(H,18,19). The minimum atomic E-state index is -1.20. The van der Waals surface area contributed by atoms with Gasteiger partial charge in [0.25, 0.3) is 5.91 Å². The fourth-order valence-corrected chi connectivity index (χ4v) is 1.40. The Hall–Kier alpha value is -2.64. The maximum atomic E-state index is 12.1. The number of esters is 1. The first kappa shape index (κ1) is 17.4. The highest BCUT2D eigenvalue weighted by atomic mass is 16.6. The Morgan fingerprint density at radius 1 is 1.27 bits per heavy atom. The molecule has 8 heteroatoms. The van der Waals surface area contributed by atoms with Crippen molar-refractivity contribution in [2.24, 2.45) is 5.92 Å². The average Bonchev–Trinajstić information content (AvgIpc) is 2.46. The van der Waals surface area contributed by atoms with Gasteiger partial charge in [-0.3, -0.25) is 14.4 Å². The molecule has 0 spiro atoms. The number of nitrogens with one attached hydrogen (secondary N) is 1. The summed E-state index contributed by atoms with van der Waals surface area (Å²) in [6.07, 6.45) is 1.30. The van der Waals surface area contributed by atoms with Crippen molar-refractivity contribution in [2.45, 2.75) is 26.8 Å². The number of carbonyl (C=O) groups is 3. The quantitative estimate of drug-likeness (QED) is 0.748. The van der Waals surface area contributed by atoms with E-state index in [2.05, 4.69) is 10.3 Å². The van der Waals surface area contributed by atoms with Crippen molar-refractivity contribution in [2.75, 3.05) is 7.11 Å². The van der Waals surface area contributed by atoms with E-state index in [4.69, 9.17) is 14.6 Å². The lowest BCUT2D eigenvalue weighted by Gasteiger charge is -2.15. The third-order valence-electron chi connectivity index (χ3n) is 2.70. The highest BCUT2D eigenvalue weighted by Gasteiger charge is 2.25. The molecular weight excluding hydrogens is 292 g/mol. The number of rotatable bonds is 6. The number of carboxylic acid groups (broad SMARTS) is 1. The van der Waals surface area contributed by atoms with E-state index in [0.29, 0.717) is 0 Å². The molecule has 2 N–H and O–H groups in total. The van der Waals surface area contributed by atoms with Gasteiger partial charge in [0.15, 0.2) is 11.4 Å². The summed E-state index contributed by atoms with van der Waals surface area (Å²) in [5.74, 6) is -2.95. The van der Waals surface area contributed by atoms with Crippen molar-refractivity contribution in [1.82, 2.24) is 10.3 Å². The molecule has 1 amide bonds. The predicted molar refractivity (Wildman–Crippen MR) is 75.8 cm³/mol. The highest BCUT2D eigenvalue weighted by Crippen LogP contribution is 2.30. The second-order valence-corrected chi connectivity index (χ2v) is 4.80. The normalized spacial score (nSPS) is 11.7. The molecule has 1 aromatic rings. The van der Waals surface area contributed by atoms with E-state index < -0.39 is 29.8 Å². The summed E-state index contributed by atoms with van der Waals surface area (Å²) in [6.45, 7) is 4.58. The number of hydrogen-bond donors (Lipinski definition) is 2. The zero-order valence-electron chi connectivity index (χ0n) is 12.7. The molecule has 0 fully saturated rings. The Labute approximate surface area is 127 Å². The van der Waals surface area contributed by atoms with Gasteiger partial charge in [0.1, 0.15) is 6.04 Å². The van der Waals surface area contributed by atoms with E-state index in [1.54, 1.807) is 13.8 Å². The number of carboxylic acids is 1.